The van der Waals surface area contributed by atoms with E-state index >= 15 is 0 Å². The van der Waals surface area contributed by atoms with Gasteiger partial charge in [0, 0.05) is 26.4 Å². The van der Waals surface area contributed by atoms with Crippen molar-refractivity contribution in [2.24, 2.45) is 0 Å². The molecular formula is C15H29N3O3. The van der Waals surface area contributed by atoms with E-state index < -0.39 is 0 Å². The molecule has 0 aromatic heterocycles. The normalized spacial score (nSPS) is 10.0. The molecule has 0 saturated carbocycles. The van der Waals surface area contributed by atoms with Crippen LogP contribution >= 0.6 is 0 Å². The molecule has 0 bridgehead atoms. The van der Waals surface area contributed by atoms with Crippen LogP contribution in [0, 0.1) is 0 Å². The van der Waals surface area contributed by atoms with Crippen molar-refractivity contribution in [3.8, 4) is 0 Å². The van der Waals surface area contributed by atoms with Crippen molar-refractivity contribution in [2.45, 2.75) is 58.3 Å². The first-order valence-electron chi connectivity index (χ1n) is 7.84. The van der Waals surface area contributed by atoms with Crippen molar-refractivity contribution in [2.75, 3.05) is 20.1 Å². The molecule has 0 rings (SSSR count). The zero-order chi connectivity index (χ0) is 15.9. The van der Waals surface area contributed by atoms with Gasteiger partial charge in [-0.15, -0.1) is 0 Å². The predicted molar refractivity (Wildman–Crippen MR) is 82.7 cm³/mol. The van der Waals surface area contributed by atoms with Gasteiger partial charge in [-0.2, -0.15) is 0 Å². The highest BCUT2D eigenvalue weighted by Crippen LogP contribution is 2.08. The third-order valence-electron chi connectivity index (χ3n) is 3.16. The first-order valence-corrected chi connectivity index (χ1v) is 7.84. The average Bonchev–Trinajstić information content (AvgIpc) is 2.47. The summed E-state index contributed by atoms with van der Waals surface area (Å²) >= 11 is 0. The Hall–Kier alpha value is -1.59. The number of unbranched alkanes of at least 4 members (excludes halogenated alkanes) is 5. The van der Waals surface area contributed by atoms with Crippen molar-refractivity contribution in [3.05, 3.63) is 0 Å². The van der Waals surface area contributed by atoms with Crippen LogP contribution in [-0.4, -0.2) is 37.9 Å². The second kappa shape index (κ2) is 13.4. The zero-order valence-corrected chi connectivity index (χ0v) is 13.3. The van der Waals surface area contributed by atoms with Gasteiger partial charge in [-0.25, -0.2) is 0 Å². The number of amides is 3. The molecule has 122 valence electrons. The summed E-state index contributed by atoms with van der Waals surface area (Å²) in [7, 11) is 1.54. The summed E-state index contributed by atoms with van der Waals surface area (Å²) in [5, 5.41) is 7.80. The van der Waals surface area contributed by atoms with Crippen LogP contribution in [0.3, 0.4) is 0 Å². The Labute approximate surface area is 127 Å². The standard InChI is InChI=1S/C15H29N3O3/c1-3-17-13(19)10-8-6-4-5-7-9-11-14(20)18-12-15(21)16-2/h3-12H2,1-2H3,(H,16,21)(H,17,19)(H,18,20). The molecule has 6 heteroatoms. The Balaban J connectivity index is 3.30. The van der Waals surface area contributed by atoms with Crippen LogP contribution in [0.1, 0.15) is 58.3 Å². The minimum absolute atomic E-state index is 0.0508. The van der Waals surface area contributed by atoms with Gasteiger partial charge in [0.1, 0.15) is 0 Å². The fourth-order valence-corrected chi connectivity index (χ4v) is 1.92. The lowest BCUT2D eigenvalue weighted by Gasteiger charge is -2.04. The van der Waals surface area contributed by atoms with Gasteiger partial charge >= 0.3 is 0 Å². The number of nitrogens with one attached hydrogen (secondary N) is 3. The van der Waals surface area contributed by atoms with Crippen LogP contribution in [0.5, 0.6) is 0 Å². The van der Waals surface area contributed by atoms with E-state index in [0.717, 1.165) is 38.5 Å². The van der Waals surface area contributed by atoms with Gasteiger partial charge in [-0.1, -0.05) is 25.7 Å². The Morgan fingerprint density at radius 3 is 1.67 bits per heavy atom. The summed E-state index contributed by atoms with van der Waals surface area (Å²) in [5.41, 5.74) is 0. The molecule has 0 aromatic carbocycles. The number of likely N-dealkylation sites (N-methyl/N-ethyl adjacent to an activating group) is 1. The van der Waals surface area contributed by atoms with Crippen LogP contribution in [0.15, 0.2) is 0 Å². The minimum Gasteiger partial charge on any atom is -0.358 e. The van der Waals surface area contributed by atoms with E-state index in [2.05, 4.69) is 16.0 Å². The third kappa shape index (κ3) is 13.2. The molecule has 0 aliphatic heterocycles. The molecule has 0 spiro atoms. The summed E-state index contributed by atoms with van der Waals surface area (Å²) in [6.07, 6.45) is 7.09. The fraction of sp³-hybridized carbons (Fsp3) is 0.800. The topological polar surface area (TPSA) is 87.3 Å². The maximum Gasteiger partial charge on any atom is 0.239 e. The number of carbonyl (C=O) groups excluding carboxylic acids is 3. The van der Waals surface area contributed by atoms with E-state index in [-0.39, 0.29) is 24.3 Å². The Kier molecular flexibility index (Phi) is 12.4. The van der Waals surface area contributed by atoms with Gasteiger partial charge in [0.05, 0.1) is 6.54 Å². The van der Waals surface area contributed by atoms with Gasteiger partial charge in [-0.3, -0.25) is 14.4 Å². The predicted octanol–water partition coefficient (Wildman–Crippen LogP) is 1.11. The van der Waals surface area contributed by atoms with E-state index in [9.17, 15) is 14.4 Å². The van der Waals surface area contributed by atoms with E-state index in [1.165, 1.54) is 0 Å². The number of rotatable bonds is 12. The first kappa shape index (κ1) is 19.4. The molecule has 0 fully saturated rings. The smallest absolute Gasteiger partial charge is 0.239 e. The lowest BCUT2D eigenvalue weighted by molar-refractivity contribution is -0.125. The summed E-state index contributed by atoms with van der Waals surface area (Å²) in [6.45, 7) is 2.67. The molecule has 3 N–H and O–H groups in total. The highest BCUT2D eigenvalue weighted by molar-refractivity contribution is 5.84. The molecule has 3 amide bonds. The number of carbonyl (C=O) groups is 3. The van der Waals surface area contributed by atoms with Gasteiger partial charge < -0.3 is 16.0 Å². The molecule has 21 heavy (non-hydrogen) atoms. The second-order valence-electron chi connectivity index (χ2n) is 5.02. The average molecular weight is 299 g/mol. The summed E-state index contributed by atoms with van der Waals surface area (Å²) in [6, 6.07) is 0. The summed E-state index contributed by atoms with van der Waals surface area (Å²) < 4.78 is 0. The fourth-order valence-electron chi connectivity index (χ4n) is 1.92. The van der Waals surface area contributed by atoms with E-state index in [4.69, 9.17) is 0 Å². The molecule has 0 saturated heterocycles. The van der Waals surface area contributed by atoms with Crippen molar-refractivity contribution in [3.63, 3.8) is 0 Å². The number of hydrogen-bond donors (Lipinski definition) is 3. The Morgan fingerprint density at radius 1 is 0.714 bits per heavy atom. The van der Waals surface area contributed by atoms with Gasteiger partial charge in [0.2, 0.25) is 17.7 Å². The third-order valence-corrected chi connectivity index (χ3v) is 3.16. The molecule has 0 radical (unpaired) electrons. The highest BCUT2D eigenvalue weighted by Gasteiger charge is 2.03. The molecule has 0 unspecified atom stereocenters. The van der Waals surface area contributed by atoms with Gasteiger partial charge in [-0.05, 0) is 19.8 Å². The van der Waals surface area contributed by atoms with Crippen LogP contribution < -0.4 is 16.0 Å². The molecule has 6 nitrogen and oxygen atoms in total. The molecule has 0 aromatic rings. The molecular weight excluding hydrogens is 270 g/mol. The zero-order valence-electron chi connectivity index (χ0n) is 13.3. The summed E-state index contributed by atoms with van der Waals surface area (Å²) in [5.74, 6) is -0.129. The second-order valence-corrected chi connectivity index (χ2v) is 5.02. The number of hydrogen-bond acceptors (Lipinski definition) is 3. The molecule has 0 aliphatic rings. The largest absolute Gasteiger partial charge is 0.358 e. The highest BCUT2D eigenvalue weighted by atomic mass is 16.2. The maximum absolute atomic E-state index is 11.4. The maximum atomic E-state index is 11.4. The molecule has 0 atom stereocenters. The molecule has 0 aliphatic carbocycles. The van der Waals surface area contributed by atoms with Gasteiger partial charge in [0.25, 0.3) is 0 Å². The SMILES string of the molecule is CCNC(=O)CCCCCCCCC(=O)NCC(=O)NC. The van der Waals surface area contributed by atoms with Crippen molar-refractivity contribution < 1.29 is 14.4 Å². The van der Waals surface area contributed by atoms with Crippen molar-refractivity contribution in [1.82, 2.24) is 16.0 Å². The summed E-state index contributed by atoms with van der Waals surface area (Å²) in [4.78, 5) is 33.5. The van der Waals surface area contributed by atoms with E-state index in [1.807, 2.05) is 6.92 Å². The van der Waals surface area contributed by atoms with Crippen LogP contribution in [0.25, 0.3) is 0 Å². The van der Waals surface area contributed by atoms with Gasteiger partial charge in [0.15, 0.2) is 0 Å². The van der Waals surface area contributed by atoms with Crippen molar-refractivity contribution in [1.29, 1.82) is 0 Å². The van der Waals surface area contributed by atoms with Crippen LogP contribution in [0.4, 0.5) is 0 Å². The van der Waals surface area contributed by atoms with E-state index in [1.54, 1.807) is 7.05 Å². The lowest BCUT2D eigenvalue weighted by Crippen LogP contribution is -2.34. The minimum atomic E-state index is -0.185. The Bertz CT molecular complexity index is 319. The van der Waals surface area contributed by atoms with Crippen LogP contribution in [-0.2, 0) is 14.4 Å². The van der Waals surface area contributed by atoms with Crippen LogP contribution in [0.2, 0.25) is 0 Å². The quantitative estimate of drug-likeness (QED) is 0.472. The van der Waals surface area contributed by atoms with Crippen molar-refractivity contribution >= 4 is 17.7 Å². The monoisotopic (exact) mass is 299 g/mol. The molecule has 0 heterocycles. The van der Waals surface area contributed by atoms with E-state index in [0.29, 0.717) is 19.4 Å². The first-order chi connectivity index (χ1) is 10.1. The Morgan fingerprint density at radius 2 is 1.19 bits per heavy atom. The lowest BCUT2D eigenvalue weighted by atomic mass is 10.1.